The number of ether oxygens (including phenoxy) is 1. The van der Waals surface area contributed by atoms with Crippen LogP contribution in [0.4, 0.5) is 0 Å². The third-order valence-corrected chi connectivity index (χ3v) is 8.35. The van der Waals surface area contributed by atoms with Gasteiger partial charge in [-0.25, -0.2) is 18.4 Å². The van der Waals surface area contributed by atoms with Gasteiger partial charge in [-0.1, -0.05) is 36.4 Å². The first-order valence-corrected chi connectivity index (χ1v) is 13.3. The maximum atomic E-state index is 13.2. The van der Waals surface area contributed by atoms with Crippen LogP contribution in [0.1, 0.15) is 50.7 Å². The zero-order chi connectivity index (χ0) is 24.3. The molecule has 3 aromatic rings. The van der Waals surface area contributed by atoms with Gasteiger partial charge in [0, 0.05) is 12.6 Å². The van der Waals surface area contributed by atoms with Crippen LogP contribution in [0.5, 0.6) is 5.75 Å². The normalized spacial score (nSPS) is 14.1. The van der Waals surface area contributed by atoms with Crippen molar-refractivity contribution in [1.29, 1.82) is 0 Å². The van der Waals surface area contributed by atoms with Crippen LogP contribution in [-0.2, 0) is 32.2 Å². The molecule has 0 bridgehead atoms. The van der Waals surface area contributed by atoms with E-state index in [1.807, 2.05) is 69.3 Å². The fourth-order valence-electron chi connectivity index (χ4n) is 3.84. The minimum atomic E-state index is -3.22. The van der Waals surface area contributed by atoms with Crippen molar-refractivity contribution in [1.82, 2.24) is 9.97 Å². The van der Waals surface area contributed by atoms with E-state index in [1.165, 1.54) is 0 Å². The van der Waals surface area contributed by atoms with Gasteiger partial charge in [0.15, 0.2) is 9.84 Å². The molecule has 1 aliphatic carbocycles. The molecule has 2 aromatic carbocycles. The Kier molecular flexibility index (Phi) is 6.84. The molecule has 0 amide bonds. The van der Waals surface area contributed by atoms with E-state index >= 15 is 0 Å². The zero-order valence-corrected chi connectivity index (χ0v) is 20.6. The van der Waals surface area contributed by atoms with Gasteiger partial charge in [-0.05, 0) is 68.5 Å². The van der Waals surface area contributed by atoms with Crippen molar-refractivity contribution in [3.05, 3.63) is 77.9 Å². The summed E-state index contributed by atoms with van der Waals surface area (Å²) in [6.45, 7) is 6.22. The maximum absolute atomic E-state index is 13.2. The maximum Gasteiger partial charge on any atom is 0.160 e. The molecule has 0 spiro atoms. The van der Waals surface area contributed by atoms with Gasteiger partial charge in [0.1, 0.15) is 23.1 Å². The van der Waals surface area contributed by atoms with E-state index in [4.69, 9.17) is 4.74 Å². The Morgan fingerprint density at radius 3 is 2.47 bits per heavy atom. The average Bonchev–Trinajstić information content (AvgIpc) is 3.66. The molecule has 0 radical (unpaired) electrons. The fourth-order valence-corrected chi connectivity index (χ4v) is 5.43. The van der Waals surface area contributed by atoms with Crippen LogP contribution in [0, 0.1) is 0 Å². The molecule has 0 aliphatic heterocycles. The molecule has 4 rings (SSSR count). The van der Waals surface area contributed by atoms with Gasteiger partial charge in [-0.15, -0.1) is 0 Å². The lowest BCUT2D eigenvalue weighted by molar-refractivity contribution is -0.122. The smallest absolute Gasteiger partial charge is 0.160 e. The van der Waals surface area contributed by atoms with Crippen molar-refractivity contribution < 1.29 is 17.9 Å². The van der Waals surface area contributed by atoms with Crippen LogP contribution in [-0.4, -0.2) is 36.0 Å². The number of sulfone groups is 1. The Morgan fingerprint density at radius 2 is 1.79 bits per heavy atom. The van der Waals surface area contributed by atoms with Gasteiger partial charge >= 0.3 is 0 Å². The number of Topliss-reactive ketones (excluding diaryl/α,β-unsaturated/α-hetero) is 1. The predicted octanol–water partition coefficient (Wildman–Crippen LogP) is 4.71. The quantitative estimate of drug-likeness (QED) is 0.420. The molecule has 6 nitrogen and oxygen atoms in total. The molecule has 0 atom stereocenters. The Bertz CT molecular complexity index is 1280. The van der Waals surface area contributed by atoms with E-state index in [0.717, 1.165) is 22.4 Å². The number of hydrogen-bond donors (Lipinski definition) is 0. The molecule has 1 aliphatic rings. The van der Waals surface area contributed by atoms with Crippen LogP contribution >= 0.6 is 0 Å². The lowest BCUT2D eigenvalue weighted by Gasteiger charge is -2.23. The van der Waals surface area contributed by atoms with E-state index in [-0.39, 0.29) is 29.0 Å². The second kappa shape index (κ2) is 9.66. The highest BCUT2D eigenvalue weighted by atomic mass is 32.2. The van der Waals surface area contributed by atoms with Crippen molar-refractivity contribution in [2.75, 3.05) is 6.61 Å². The summed E-state index contributed by atoms with van der Waals surface area (Å²) in [5.74, 6) is 0.911. The second-order valence-electron chi connectivity index (χ2n) is 9.25. The van der Waals surface area contributed by atoms with E-state index in [9.17, 15) is 13.2 Å². The fraction of sp³-hybridized carbons (Fsp3) is 0.370. The summed E-state index contributed by atoms with van der Waals surface area (Å²) >= 11 is 0. The van der Waals surface area contributed by atoms with Gasteiger partial charge in [-0.3, -0.25) is 4.79 Å². The molecule has 7 heteroatoms. The number of carbonyl (C=O) groups excluding carboxylic acids is 1. The van der Waals surface area contributed by atoms with Crippen molar-refractivity contribution in [3.8, 4) is 16.9 Å². The first-order chi connectivity index (χ1) is 16.2. The first-order valence-electron chi connectivity index (χ1n) is 11.6. The summed E-state index contributed by atoms with van der Waals surface area (Å²) in [6, 6.07) is 17.6. The molecule has 0 N–H and O–H groups in total. The lowest BCUT2D eigenvalue weighted by atomic mass is 9.81. The molecule has 178 valence electrons. The Morgan fingerprint density at radius 1 is 1.06 bits per heavy atom. The summed E-state index contributed by atoms with van der Waals surface area (Å²) < 4.78 is 30.2. The number of nitrogens with zero attached hydrogens (tertiary/aromatic N) is 2. The largest absolute Gasteiger partial charge is 0.494 e. The standard InChI is InChI=1S/C27H30N2O4S/c1-4-33-22-7-5-6-21(17-22)20-10-8-19(9-11-20)16-25(30)27(2,3)24-14-15-28-26(29-24)18-34(31,32)23-12-13-23/h5-11,14-15,17,23H,4,12-13,16,18H2,1-3H3. The van der Waals surface area contributed by atoms with Crippen LogP contribution in [0.25, 0.3) is 11.1 Å². The van der Waals surface area contributed by atoms with Gasteiger partial charge < -0.3 is 4.74 Å². The minimum absolute atomic E-state index is 0.00768. The Labute approximate surface area is 201 Å². The number of rotatable bonds is 10. The number of ketones is 1. The molecule has 1 saturated carbocycles. The highest BCUT2D eigenvalue weighted by Crippen LogP contribution is 2.31. The summed E-state index contributed by atoms with van der Waals surface area (Å²) in [7, 11) is -3.22. The van der Waals surface area contributed by atoms with Crippen LogP contribution in [0.15, 0.2) is 60.8 Å². The summed E-state index contributed by atoms with van der Waals surface area (Å²) in [5, 5.41) is -0.265. The molecular weight excluding hydrogens is 448 g/mol. The number of benzene rings is 2. The van der Waals surface area contributed by atoms with Crippen molar-refractivity contribution in [3.63, 3.8) is 0 Å². The summed E-state index contributed by atoms with van der Waals surface area (Å²) in [5.41, 5.74) is 2.69. The molecule has 1 fully saturated rings. The Balaban J connectivity index is 1.46. The second-order valence-corrected chi connectivity index (χ2v) is 11.5. The lowest BCUT2D eigenvalue weighted by Crippen LogP contribution is -2.32. The SMILES string of the molecule is CCOc1cccc(-c2ccc(CC(=O)C(C)(C)c3ccnc(CS(=O)(=O)C4CC4)n3)cc2)c1. The van der Waals surface area contributed by atoms with Crippen molar-refractivity contribution in [2.45, 2.75) is 56.5 Å². The molecule has 1 aromatic heterocycles. The predicted molar refractivity (Wildman–Crippen MR) is 132 cm³/mol. The third-order valence-electron chi connectivity index (χ3n) is 6.20. The molecule has 0 saturated heterocycles. The van der Waals surface area contributed by atoms with Crippen LogP contribution in [0.2, 0.25) is 0 Å². The van der Waals surface area contributed by atoms with E-state index in [2.05, 4.69) is 9.97 Å². The molecular formula is C27H30N2O4S. The zero-order valence-electron chi connectivity index (χ0n) is 19.8. The van der Waals surface area contributed by atoms with E-state index in [0.29, 0.717) is 25.1 Å². The van der Waals surface area contributed by atoms with Gasteiger partial charge in [-0.2, -0.15) is 0 Å². The molecule has 0 unspecified atom stereocenters. The number of hydrogen-bond acceptors (Lipinski definition) is 6. The van der Waals surface area contributed by atoms with Crippen molar-refractivity contribution >= 4 is 15.6 Å². The Hall–Kier alpha value is -3.06. The van der Waals surface area contributed by atoms with Gasteiger partial charge in [0.25, 0.3) is 0 Å². The third kappa shape index (κ3) is 5.53. The number of aromatic nitrogens is 2. The monoisotopic (exact) mass is 478 g/mol. The van der Waals surface area contributed by atoms with Crippen LogP contribution < -0.4 is 4.74 Å². The summed E-state index contributed by atoms with van der Waals surface area (Å²) in [6.07, 6.45) is 3.22. The highest BCUT2D eigenvalue weighted by molar-refractivity contribution is 7.91. The van der Waals surface area contributed by atoms with Gasteiger partial charge in [0.2, 0.25) is 0 Å². The van der Waals surface area contributed by atoms with E-state index in [1.54, 1.807) is 12.3 Å². The first kappa shape index (κ1) is 24.1. The average molecular weight is 479 g/mol. The van der Waals surface area contributed by atoms with E-state index < -0.39 is 15.3 Å². The summed E-state index contributed by atoms with van der Waals surface area (Å²) in [4.78, 5) is 21.8. The van der Waals surface area contributed by atoms with Crippen molar-refractivity contribution in [2.24, 2.45) is 0 Å². The minimum Gasteiger partial charge on any atom is -0.494 e. The topological polar surface area (TPSA) is 86.2 Å². The number of carbonyl (C=O) groups is 1. The highest BCUT2D eigenvalue weighted by Gasteiger charge is 2.37. The van der Waals surface area contributed by atoms with Crippen LogP contribution in [0.3, 0.4) is 0 Å². The van der Waals surface area contributed by atoms with Gasteiger partial charge in [0.05, 0.1) is 23.0 Å². The molecule has 34 heavy (non-hydrogen) atoms. The molecule has 1 heterocycles.